The lowest BCUT2D eigenvalue weighted by Gasteiger charge is -2.40. The van der Waals surface area contributed by atoms with E-state index in [-0.39, 0.29) is 17.7 Å². The molecule has 3 fully saturated rings. The standard InChI is InChI=1S/C17H32N2O3S/c20-23(21,14-15-8-11-22-12-9-15)18-16-5-4-10-19(13-16)17-6-2-1-3-7-17/h15-18H,1-14H2/t16-/m1/s1. The van der Waals surface area contributed by atoms with Crippen LogP contribution in [0, 0.1) is 5.92 Å². The van der Waals surface area contributed by atoms with Gasteiger partial charge in [-0.05, 0) is 51.0 Å². The molecule has 134 valence electrons. The van der Waals surface area contributed by atoms with Crippen LogP contribution < -0.4 is 4.72 Å². The molecule has 6 heteroatoms. The van der Waals surface area contributed by atoms with Crippen LogP contribution in [-0.2, 0) is 14.8 Å². The minimum absolute atomic E-state index is 0.107. The first-order valence-electron chi connectivity index (χ1n) is 9.44. The largest absolute Gasteiger partial charge is 0.381 e. The first-order chi connectivity index (χ1) is 11.1. The molecule has 5 nitrogen and oxygen atoms in total. The van der Waals surface area contributed by atoms with Crippen LogP contribution in [0.15, 0.2) is 0 Å². The van der Waals surface area contributed by atoms with E-state index in [1.165, 1.54) is 32.1 Å². The summed E-state index contributed by atoms with van der Waals surface area (Å²) in [5.41, 5.74) is 0. The number of sulfonamides is 1. The number of piperidine rings is 1. The predicted molar refractivity (Wildman–Crippen MR) is 91.9 cm³/mol. The molecule has 0 aromatic rings. The van der Waals surface area contributed by atoms with Crippen LogP contribution in [0.1, 0.15) is 57.8 Å². The van der Waals surface area contributed by atoms with Crippen molar-refractivity contribution >= 4 is 10.0 Å². The molecule has 1 atom stereocenters. The zero-order valence-electron chi connectivity index (χ0n) is 14.2. The maximum Gasteiger partial charge on any atom is 0.212 e. The second-order valence-corrected chi connectivity index (χ2v) is 9.38. The Morgan fingerprint density at radius 3 is 2.43 bits per heavy atom. The zero-order valence-corrected chi connectivity index (χ0v) is 15.0. The Balaban J connectivity index is 1.49. The van der Waals surface area contributed by atoms with Crippen LogP contribution in [0.4, 0.5) is 0 Å². The molecule has 0 unspecified atom stereocenters. The van der Waals surface area contributed by atoms with Gasteiger partial charge in [0.05, 0.1) is 5.75 Å². The summed E-state index contributed by atoms with van der Waals surface area (Å²) < 4.78 is 33.3. The Hall–Kier alpha value is -0.170. The van der Waals surface area contributed by atoms with Crippen LogP contribution in [-0.4, -0.2) is 57.5 Å². The molecule has 2 aliphatic heterocycles. The van der Waals surface area contributed by atoms with Crippen molar-refractivity contribution in [2.75, 3.05) is 32.1 Å². The van der Waals surface area contributed by atoms with Crippen LogP contribution in [0.3, 0.4) is 0 Å². The highest BCUT2D eigenvalue weighted by Gasteiger charge is 2.30. The van der Waals surface area contributed by atoms with Gasteiger partial charge in [-0.2, -0.15) is 0 Å². The van der Waals surface area contributed by atoms with E-state index < -0.39 is 10.0 Å². The van der Waals surface area contributed by atoms with Crippen molar-refractivity contribution in [3.05, 3.63) is 0 Å². The summed E-state index contributed by atoms with van der Waals surface area (Å²) in [6, 6.07) is 0.794. The van der Waals surface area contributed by atoms with E-state index in [9.17, 15) is 8.42 Å². The van der Waals surface area contributed by atoms with Crippen LogP contribution >= 0.6 is 0 Å². The molecule has 0 aromatic carbocycles. The van der Waals surface area contributed by atoms with E-state index in [2.05, 4.69) is 9.62 Å². The van der Waals surface area contributed by atoms with E-state index >= 15 is 0 Å². The van der Waals surface area contributed by atoms with Crippen LogP contribution in [0.5, 0.6) is 0 Å². The normalized spacial score (nSPS) is 29.7. The third-order valence-corrected chi connectivity index (χ3v) is 7.29. The Morgan fingerprint density at radius 2 is 1.70 bits per heavy atom. The van der Waals surface area contributed by atoms with E-state index in [1.807, 2.05) is 0 Å². The van der Waals surface area contributed by atoms with Gasteiger partial charge in [-0.15, -0.1) is 0 Å². The summed E-state index contributed by atoms with van der Waals surface area (Å²) >= 11 is 0. The average molecular weight is 345 g/mol. The fourth-order valence-corrected chi connectivity index (χ4v) is 6.16. The lowest BCUT2D eigenvalue weighted by atomic mass is 9.92. The van der Waals surface area contributed by atoms with Crippen molar-refractivity contribution in [2.45, 2.75) is 69.9 Å². The third-order valence-electron chi connectivity index (χ3n) is 5.69. The molecule has 2 saturated heterocycles. The lowest BCUT2D eigenvalue weighted by Crippen LogP contribution is -2.52. The highest BCUT2D eigenvalue weighted by molar-refractivity contribution is 7.89. The molecule has 0 bridgehead atoms. The molecule has 0 spiro atoms. The number of nitrogens with zero attached hydrogens (tertiary/aromatic N) is 1. The van der Waals surface area contributed by atoms with Crippen molar-refractivity contribution < 1.29 is 13.2 Å². The van der Waals surface area contributed by atoms with Crippen LogP contribution in [0.2, 0.25) is 0 Å². The summed E-state index contributed by atoms with van der Waals surface area (Å²) in [6.45, 7) is 3.46. The molecule has 3 rings (SSSR count). The number of hydrogen-bond acceptors (Lipinski definition) is 4. The molecule has 3 aliphatic rings. The molecule has 0 amide bonds. The monoisotopic (exact) mass is 344 g/mol. The van der Waals surface area contributed by atoms with Gasteiger partial charge in [-0.25, -0.2) is 13.1 Å². The minimum Gasteiger partial charge on any atom is -0.381 e. The van der Waals surface area contributed by atoms with Gasteiger partial charge >= 0.3 is 0 Å². The van der Waals surface area contributed by atoms with Crippen molar-refractivity contribution in [1.29, 1.82) is 0 Å². The van der Waals surface area contributed by atoms with Crippen LogP contribution in [0.25, 0.3) is 0 Å². The SMILES string of the molecule is O=S(=O)(CC1CCOCC1)N[C@@H]1CCCN(C2CCCCC2)C1. The molecule has 2 heterocycles. The topological polar surface area (TPSA) is 58.6 Å². The van der Waals surface area contributed by atoms with Crippen molar-refractivity contribution in [2.24, 2.45) is 5.92 Å². The number of hydrogen-bond donors (Lipinski definition) is 1. The first kappa shape index (κ1) is 17.6. The molecule has 1 aliphatic carbocycles. The summed E-state index contributed by atoms with van der Waals surface area (Å²) in [4.78, 5) is 2.55. The average Bonchev–Trinajstić information content (AvgIpc) is 2.56. The maximum absolute atomic E-state index is 12.5. The molecular weight excluding hydrogens is 312 g/mol. The van der Waals surface area contributed by atoms with E-state index in [1.54, 1.807) is 0 Å². The molecule has 0 aromatic heterocycles. The summed E-state index contributed by atoms with van der Waals surface area (Å²) in [7, 11) is -3.17. The van der Waals surface area contributed by atoms with E-state index in [0.717, 1.165) is 38.8 Å². The fraction of sp³-hybridized carbons (Fsp3) is 1.00. The van der Waals surface area contributed by atoms with Crippen molar-refractivity contribution in [3.8, 4) is 0 Å². The van der Waals surface area contributed by atoms with E-state index in [4.69, 9.17) is 4.74 Å². The number of rotatable bonds is 5. The Labute approximate surface area is 141 Å². The highest BCUT2D eigenvalue weighted by atomic mass is 32.2. The number of ether oxygens (including phenoxy) is 1. The third kappa shape index (κ3) is 5.41. The van der Waals surface area contributed by atoms with Crippen molar-refractivity contribution in [3.63, 3.8) is 0 Å². The number of likely N-dealkylation sites (tertiary alicyclic amines) is 1. The highest BCUT2D eigenvalue weighted by Crippen LogP contribution is 2.25. The quantitative estimate of drug-likeness (QED) is 0.830. The zero-order chi connectivity index (χ0) is 16.1. The smallest absolute Gasteiger partial charge is 0.212 e. The Morgan fingerprint density at radius 1 is 0.957 bits per heavy atom. The second-order valence-electron chi connectivity index (χ2n) is 7.58. The maximum atomic E-state index is 12.5. The first-order valence-corrected chi connectivity index (χ1v) is 11.1. The molecule has 1 N–H and O–H groups in total. The van der Waals surface area contributed by atoms with Gasteiger partial charge in [0, 0.05) is 31.8 Å². The van der Waals surface area contributed by atoms with Gasteiger partial charge in [0.25, 0.3) is 0 Å². The summed E-state index contributed by atoms with van der Waals surface area (Å²) in [5, 5.41) is 0. The Bertz CT molecular complexity index is 456. The van der Waals surface area contributed by atoms with Gasteiger partial charge < -0.3 is 4.74 Å². The minimum atomic E-state index is -3.17. The van der Waals surface area contributed by atoms with Crippen molar-refractivity contribution in [1.82, 2.24) is 9.62 Å². The fourth-order valence-electron chi connectivity index (χ4n) is 4.41. The molecule has 23 heavy (non-hydrogen) atoms. The summed E-state index contributed by atoms with van der Waals surface area (Å²) in [6.07, 6.45) is 10.5. The number of nitrogens with one attached hydrogen (secondary N) is 1. The molecule has 1 saturated carbocycles. The van der Waals surface area contributed by atoms with E-state index in [0.29, 0.717) is 19.3 Å². The van der Waals surface area contributed by atoms with Gasteiger partial charge in [-0.1, -0.05) is 19.3 Å². The Kier molecular flexibility index (Phi) is 6.35. The molecule has 0 radical (unpaired) electrons. The summed E-state index contributed by atoms with van der Waals surface area (Å²) in [5.74, 6) is 0.537. The second kappa shape index (κ2) is 8.28. The van der Waals surface area contributed by atoms with Gasteiger partial charge in [-0.3, -0.25) is 4.90 Å². The van der Waals surface area contributed by atoms with Gasteiger partial charge in [0.2, 0.25) is 10.0 Å². The van der Waals surface area contributed by atoms with Gasteiger partial charge in [0.15, 0.2) is 0 Å². The van der Waals surface area contributed by atoms with Gasteiger partial charge in [0.1, 0.15) is 0 Å². The predicted octanol–water partition coefficient (Wildman–Crippen LogP) is 2.13. The molecular formula is C17H32N2O3S. The lowest BCUT2D eigenvalue weighted by molar-refractivity contribution is 0.0722.